The maximum absolute atomic E-state index is 12.7. The molecule has 0 radical (unpaired) electrons. The first-order valence-electron chi connectivity index (χ1n) is 9.23. The molecular weight excluding hydrogens is 406 g/mol. The summed E-state index contributed by atoms with van der Waals surface area (Å²) < 4.78 is 6.08. The molecule has 0 saturated heterocycles. The van der Waals surface area contributed by atoms with Gasteiger partial charge in [0.05, 0.1) is 12.7 Å². The molecule has 2 aromatic heterocycles. The smallest absolute Gasteiger partial charge is 0.276 e. The van der Waals surface area contributed by atoms with Crippen LogP contribution in [0, 0.1) is 6.92 Å². The van der Waals surface area contributed by atoms with Crippen molar-refractivity contribution < 1.29 is 14.6 Å². The molecule has 0 saturated carbocycles. The number of thiazole rings is 1. The Bertz CT molecular complexity index is 947. The van der Waals surface area contributed by atoms with E-state index in [-0.39, 0.29) is 24.3 Å². The van der Waals surface area contributed by atoms with E-state index in [4.69, 9.17) is 9.84 Å². The highest BCUT2D eigenvalue weighted by molar-refractivity contribution is 7.99. The van der Waals surface area contributed by atoms with Gasteiger partial charge in [-0.05, 0) is 19.4 Å². The summed E-state index contributed by atoms with van der Waals surface area (Å²) in [6.07, 6.45) is 2.39. The number of carbonyl (C=O) groups excluding carboxylic acids is 1. The van der Waals surface area contributed by atoms with Gasteiger partial charge in [0.25, 0.3) is 5.91 Å². The molecule has 0 aliphatic rings. The molecule has 6 nitrogen and oxygen atoms in total. The first-order valence-corrected chi connectivity index (χ1v) is 11.0. The van der Waals surface area contributed by atoms with Crippen molar-refractivity contribution in [3.8, 4) is 5.75 Å². The molecule has 3 aromatic rings. The van der Waals surface area contributed by atoms with Gasteiger partial charge in [-0.25, -0.2) is 9.97 Å². The van der Waals surface area contributed by atoms with E-state index in [9.17, 15) is 4.79 Å². The summed E-state index contributed by atoms with van der Waals surface area (Å²) in [7, 11) is 0. The van der Waals surface area contributed by atoms with Gasteiger partial charge in [0, 0.05) is 35.4 Å². The summed E-state index contributed by atoms with van der Waals surface area (Å²) in [6.45, 7) is 3.95. The number of aromatic nitrogens is 2. The molecule has 3 rings (SSSR count). The number of aliphatic hydroxyl groups is 1. The first-order chi connectivity index (χ1) is 14.0. The zero-order valence-electron chi connectivity index (χ0n) is 16.3. The lowest BCUT2D eigenvalue weighted by Gasteiger charge is -2.16. The fourth-order valence-corrected chi connectivity index (χ4v) is 4.01. The lowest BCUT2D eigenvalue weighted by molar-refractivity contribution is 0.102. The number of pyridine rings is 1. The van der Waals surface area contributed by atoms with Gasteiger partial charge in [-0.15, -0.1) is 23.1 Å². The number of hydrogen-bond donors (Lipinski definition) is 2. The molecule has 0 aliphatic carbocycles. The Hall–Kier alpha value is -2.42. The molecule has 0 unspecified atom stereocenters. The molecule has 0 aliphatic heterocycles. The van der Waals surface area contributed by atoms with E-state index in [0.29, 0.717) is 21.7 Å². The third kappa shape index (κ3) is 6.56. The fraction of sp³-hybridized carbons (Fsp3) is 0.286. The maximum Gasteiger partial charge on any atom is 0.276 e. The van der Waals surface area contributed by atoms with Crippen LogP contribution in [0.4, 0.5) is 5.13 Å². The molecule has 0 spiro atoms. The Morgan fingerprint density at radius 3 is 2.79 bits per heavy atom. The van der Waals surface area contributed by atoms with E-state index < -0.39 is 0 Å². The van der Waals surface area contributed by atoms with Gasteiger partial charge < -0.3 is 9.84 Å². The number of carbonyl (C=O) groups is 1. The topological polar surface area (TPSA) is 84.3 Å². The molecule has 2 heterocycles. The number of hydrogen-bond acceptors (Lipinski definition) is 7. The largest absolute Gasteiger partial charge is 0.490 e. The van der Waals surface area contributed by atoms with Crippen molar-refractivity contribution in [2.24, 2.45) is 0 Å². The highest BCUT2D eigenvalue weighted by Gasteiger charge is 2.15. The molecule has 1 aromatic carbocycles. The van der Waals surface area contributed by atoms with Crippen LogP contribution in [0.2, 0.25) is 0 Å². The van der Waals surface area contributed by atoms with E-state index in [1.54, 1.807) is 18.3 Å². The number of aryl methyl sites for hydroxylation is 1. The average Bonchev–Trinajstić information content (AvgIpc) is 3.11. The van der Waals surface area contributed by atoms with Crippen LogP contribution in [0.15, 0.2) is 53.7 Å². The number of ether oxygens (including phenoxy) is 1. The molecule has 8 heteroatoms. The summed E-state index contributed by atoms with van der Waals surface area (Å²) in [5, 5.41) is 13.0. The van der Waals surface area contributed by atoms with Crippen LogP contribution in [-0.2, 0) is 6.42 Å². The lowest BCUT2D eigenvalue weighted by atomic mass is 10.1. The van der Waals surface area contributed by atoms with Gasteiger partial charge >= 0.3 is 0 Å². The van der Waals surface area contributed by atoms with Crippen LogP contribution in [0.5, 0.6) is 5.75 Å². The van der Waals surface area contributed by atoms with E-state index in [0.717, 1.165) is 11.3 Å². The van der Waals surface area contributed by atoms with Crippen molar-refractivity contribution in [2.75, 3.05) is 17.7 Å². The second-order valence-corrected chi connectivity index (χ2v) is 8.80. The quantitative estimate of drug-likeness (QED) is 0.496. The molecular formula is C21H23N3O3S2. The molecule has 29 heavy (non-hydrogen) atoms. The molecule has 1 amide bonds. The summed E-state index contributed by atoms with van der Waals surface area (Å²) in [5.41, 5.74) is 1.43. The van der Waals surface area contributed by atoms with Crippen molar-refractivity contribution in [1.29, 1.82) is 0 Å². The summed E-state index contributed by atoms with van der Waals surface area (Å²) >= 11 is 2.78. The van der Waals surface area contributed by atoms with E-state index >= 15 is 0 Å². The van der Waals surface area contributed by atoms with Crippen LogP contribution in [0.3, 0.4) is 0 Å². The summed E-state index contributed by atoms with van der Waals surface area (Å²) in [4.78, 5) is 22.2. The third-order valence-corrected chi connectivity index (χ3v) is 5.61. The van der Waals surface area contributed by atoms with Crippen LogP contribution in [-0.4, -0.2) is 39.4 Å². The normalized spacial score (nSPS) is 11.8. The Kier molecular flexibility index (Phi) is 7.62. The van der Waals surface area contributed by atoms with Gasteiger partial charge in [-0.2, -0.15) is 0 Å². The second-order valence-electron chi connectivity index (χ2n) is 6.45. The number of nitrogens with one attached hydrogen (secondary N) is 1. The van der Waals surface area contributed by atoms with Crippen LogP contribution in [0.1, 0.15) is 27.9 Å². The van der Waals surface area contributed by atoms with Crippen molar-refractivity contribution in [1.82, 2.24) is 9.97 Å². The first kappa shape index (κ1) is 21.3. The Balaban J connectivity index is 1.76. The Morgan fingerprint density at radius 1 is 1.31 bits per heavy atom. The van der Waals surface area contributed by atoms with E-state index in [1.807, 2.05) is 32.0 Å². The minimum absolute atomic E-state index is 0.0295. The SMILES string of the molecule is Cc1cnc(NC(=O)c2cc(O[C@@H](C)Cc3ccccc3)cc(SCCO)n2)s1. The predicted octanol–water partition coefficient (Wildman–Crippen LogP) is 4.19. The average molecular weight is 430 g/mol. The zero-order chi connectivity index (χ0) is 20.6. The molecule has 2 N–H and O–H groups in total. The Labute approximate surface area is 178 Å². The zero-order valence-corrected chi connectivity index (χ0v) is 17.9. The number of benzene rings is 1. The van der Waals surface area contributed by atoms with Crippen molar-refractivity contribution >= 4 is 34.1 Å². The van der Waals surface area contributed by atoms with Crippen LogP contribution < -0.4 is 10.1 Å². The molecule has 152 valence electrons. The fourth-order valence-electron chi connectivity index (χ4n) is 2.68. The standard InChI is InChI=1S/C21H23N3O3S2/c1-14(10-16-6-4-3-5-7-16)27-17-11-18(23-19(12-17)28-9-8-25)20(26)24-21-22-13-15(2)29-21/h3-7,11-14,25H,8-10H2,1-2H3,(H,22,24,26)/t14-/m0/s1. The number of aliphatic hydroxyl groups excluding tert-OH is 1. The number of amides is 1. The monoisotopic (exact) mass is 429 g/mol. The number of thioether (sulfide) groups is 1. The molecule has 1 atom stereocenters. The van der Waals surface area contributed by atoms with Crippen LogP contribution in [0.25, 0.3) is 0 Å². The number of rotatable bonds is 9. The van der Waals surface area contributed by atoms with Gasteiger partial charge in [0.1, 0.15) is 16.5 Å². The van der Waals surface area contributed by atoms with Gasteiger partial charge in [-0.3, -0.25) is 10.1 Å². The van der Waals surface area contributed by atoms with E-state index in [2.05, 4.69) is 27.4 Å². The van der Waals surface area contributed by atoms with Gasteiger partial charge in [-0.1, -0.05) is 30.3 Å². The summed E-state index contributed by atoms with van der Waals surface area (Å²) in [6, 6.07) is 13.5. The van der Waals surface area contributed by atoms with Gasteiger partial charge in [0.2, 0.25) is 0 Å². The van der Waals surface area contributed by atoms with Crippen LogP contribution >= 0.6 is 23.1 Å². The van der Waals surface area contributed by atoms with E-state index in [1.165, 1.54) is 28.7 Å². The minimum atomic E-state index is -0.341. The van der Waals surface area contributed by atoms with Crippen molar-refractivity contribution in [3.05, 3.63) is 64.8 Å². The number of anilines is 1. The maximum atomic E-state index is 12.7. The molecule has 0 bridgehead atoms. The summed E-state index contributed by atoms with van der Waals surface area (Å²) in [5.74, 6) is 0.721. The minimum Gasteiger partial charge on any atom is -0.490 e. The highest BCUT2D eigenvalue weighted by atomic mass is 32.2. The number of nitrogens with zero attached hydrogens (tertiary/aromatic N) is 2. The Morgan fingerprint density at radius 2 is 2.10 bits per heavy atom. The predicted molar refractivity (Wildman–Crippen MR) is 117 cm³/mol. The highest BCUT2D eigenvalue weighted by Crippen LogP contribution is 2.25. The van der Waals surface area contributed by atoms with Crippen molar-refractivity contribution in [2.45, 2.75) is 31.4 Å². The lowest BCUT2D eigenvalue weighted by Crippen LogP contribution is -2.17. The second kappa shape index (κ2) is 10.4. The third-order valence-electron chi connectivity index (χ3n) is 3.89. The molecule has 0 fully saturated rings. The van der Waals surface area contributed by atoms with Crippen molar-refractivity contribution in [3.63, 3.8) is 0 Å². The van der Waals surface area contributed by atoms with Gasteiger partial charge in [0.15, 0.2) is 5.13 Å².